The van der Waals surface area contributed by atoms with E-state index in [4.69, 9.17) is 0 Å². The average molecular weight is 472 g/mol. The molecule has 0 saturated carbocycles. The first-order chi connectivity index (χ1) is 15.1. The van der Waals surface area contributed by atoms with Gasteiger partial charge in [-0.25, -0.2) is 0 Å². The summed E-state index contributed by atoms with van der Waals surface area (Å²) >= 11 is 3.08. The fourth-order valence-electron chi connectivity index (χ4n) is 4.08. The van der Waals surface area contributed by atoms with E-state index >= 15 is 0 Å². The lowest BCUT2D eigenvalue weighted by atomic mass is 9.72. The van der Waals surface area contributed by atoms with E-state index in [2.05, 4.69) is 42.4 Å². The molecule has 3 aromatic heterocycles. The zero-order valence-electron chi connectivity index (χ0n) is 19.1. The van der Waals surface area contributed by atoms with E-state index < -0.39 is 5.91 Å². The molecule has 9 heteroatoms. The summed E-state index contributed by atoms with van der Waals surface area (Å²) in [5.41, 5.74) is 2.20. The molecule has 1 aliphatic carbocycles. The number of carbonyl (C=O) groups excluding carboxylic acids is 2. The number of thioether (sulfide) groups is 1. The molecule has 2 amide bonds. The van der Waals surface area contributed by atoms with Gasteiger partial charge in [0.2, 0.25) is 5.91 Å². The summed E-state index contributed by atoms with van der Waals surface area (Å²) < 4.78 is 3.60. The molecular formula is C23H29N5O2S2. The maximum atomic E-state index is 12.2. The first-order valence-electron chi connectivity index (χ1n) is 10.7. The second-order valence-electron chi connectivity index (χ2n) is 9.40. The van der Waals surface area contributed by atoms with Crippen LogP contribution in [0.3, 0.4) is 0 Å². The molecule has 0 saturated heterocycles. The standard InChI is InChI=1S/C23H29N5O2S2/c1-23(2,3)15-8-9-17-14(11-15)12-18(32-17)20-25-26-22(28(20)5)31-13-19(29)24-21(30)16-7-6-10-27(16)4/h6-7,10,12,15H,8-9,11,13H2,1-5H3,(H,24,29,30). The van der Waals surface area contributed by atoms with Crippen molar-refractivity contribution < 1.29 is 9.59 Å². The number of thiophene rings is 1. The maximum Gasteiger partial charge on any atom is 0.274 e. The van der Waals surface area contributed by atoms with Crippen molar-refractivity contribution in [1.29, 1.82) is 0 Å². The van der Waals surface area contributed by atoms with Gasteiger partial charge in [-0.1, -0.05) is 32.5 Å². The summed E-state index contributed by atoms with van der Waals surface area (Å²) in [6, 6.07) is 5.71. The van der Waals surface area contributed by atoms with E-state index in [1.165, 1.54) is 28.6 Å². The molecule has 1 atom stereocenters. The molecule has 4 rings (SSSR count). The second-order valence-corrected chi connectivity index (χ2v) is 11.5. The van der Waals surface area contributed by atoms with Crippen LogP contribution >= 0.6 is 23.1 Å². The number of carbonyl (C=O) groups is 2. The number of hydrogen-bond acceptors (Lipinski definition) is 6. The van der Waals surface area contributed by atoms with E-state index in [0.29, 0.717) is 22.2 Å². The van der Waals surface area contributed by atoms with E-state index in [1.54, 1.807) is 41.3 Å². The molecule has 0 radical (unpaired) electrons. The van der Waals surface area contributed by atoms with Crippen LogP contribution in [0.2, 0.25) is 0 Å². The van der Waals surface area contributed by atoms with Crippen LogP contribution in [0.25, 0.3) is 10.7 Å². The van der Waals surface area contributed by atoms with Crippen LogP contribution in [0.4, 0.5) is 0 Å². The Morgan fingerprint density at radius 2 is 2.06 bits per heavy atom. The van der Waals surface area contributed by atoms with Gasteiger partial charge in [0.05, 0.1) is 10.6 Å². The quantitative estimate of drug-likeness (QED) is 0.567. The predicted molar refractivity (Wildman–Crippen MR) is 128 cm³/mol. The number of imide groups is 1. The van der Waals surface area contributed by atoms with Crippen molar-refractivity contribution in [2.75, 3.05) is 5.75 Å². The number of fused-ring (bicyclic) bond motifs is 1. The van der Waals surface area contributed by atoms with Gasteiger partial charge in [0.15, 0.2) is 11.0 Å². The average Bonchev–Trinajstić information content (AvgIpc) is 3.43. The van der Waals surface area contributed by atoms with Gasteiger partial charge >= 0.3 is 0 Å². The van der Waals surface area contributed by atoms with Gasteiger partial charge in [-0.05, 0) is 54.4 Å². The fourth-order valence-corrected chi connectivity index (χ4v) is 6.02. The Balaban J connectivity index is 1.40. The molecule has 1 N–H and O–H groups in total. The Hall–Kier alpha value is -2.39. The first kappa shape index (κ1) is 22.8. The zero-order chi connectivity index (χ0) is 23.0. The lowest BCUT2D eigenvalue weighted by Crippen LogP contribution is -2.33. The molecular weight excluding hydrogens is 442 g/mol. The lowest BCUT2D eigenvalue weighted by molar-refractivity contribution is -0.117. The minimum absolute atomic E-state index is 0.0936. The van der Waals surface area contributed by atoms with Crippen LogP contribution < -0.4 is 5.32 Å². The lowest BCUT2D eigenvalue weighted by Gasteiger charge is -2.33. The van der Waals surface area contributed by atoms with Crippen molar-refractivity contribution in [3.8, 4) is 10.7 Å². The highest BCUT2D eigenvalue weighted by Crippen LogP contribution is 2.42. The Labute approximate surface area is 196 Å². The van der Waals surface area contributed by atoms with E-state index in [0.717, 1.165) is 23.5 Å². The van der Waals surface area contributed by atoms with Crippen molar-refractivity contribution in [1.82, 2.24) is 24.6 Å². The summed E-state index contributed by atoms with van der Waals surface area (Å²) in [6.45, 7) is 6.98. The molecule has 7 nitrogen and oxygen atoms in total. The molecule has 0 spiro atoms. The maximum absolute atomic E-state index is 12.2. The number of nitrogens with zero attached hydrogens (tertiary/aromatic N) is 4. The van der Waals surface area contributed by atoms with Crippen molar-refractivity contribution in [3.05, 3.63) is 40.5 Å². The summed E-state index contributed by atoms with van der Waals surface area (Å²) in [5, 5.41) is 11.7. The van der Waals surface area contributed by atoms with E-state index in [-0.39, 0.29) is 11.7 Å². The van der Waals surface area contributed by atoms with Crippen molar-refractivity contribution in [2.24, 2.45) is 25.4 Å². The van der Waals surface area contributed by atoms with Crippen molar-refractivity contribution >= 4 is 34.9 Å². The number of rotatable bonds is 5. The monoisotopic (exact) mass is 471 g/mol. The predicted octanol–water partition coefficient (Wildman–Crippen LogP) is 4.08. The van der Waals surface area contributed by atoms with Gasteiger partial charge in [-0.2, -0.15) is 0 Å². The highest BCUT2D eigenvalue weighted by atomic mass is 32.2. The van der Waals surface area contributed by atoms with Crippen LogP contribution in [-0.4, -0.2) is 36.9 Å². The van der Waals surface area contributed by atoms with Crippen LogP contribution in [0.1, 0.15) is 48.1 Å². The van der Waals surface area contributed by atoms with E-state index in [1.807, 2.05) is 11.6 Å². The fraction of sp³-hybridized carbons (Fsp3) is 0.478. The summed E-state index contributed by atoms with van der Waals surface area (Å²) in [6.07, 6.45) is 5.23. The van der Waals surface area contributed by atoms with Crippen molar-refractivity contribution in [3.63, 3.8) is 0 Å². The third-order valence-electron chi connectivity index (χ3n) is 6.12. The van der Waals surface area contributed by atoms with Gasteiger partial charge in [0, 0.05) is 25.2 Å². The highest BCUT2D eigenvalue weighted by Gasteiger charge is 2.30. The molecule has 3 heterocycles. The molecule has 32 heavy (non-hydrogen) atoms. The molecule has 0 fully saturated rings. The molecule has 0 aromatic carbocycles. The van der Waals surface area contributed by atoms with Gasteiger partial charge < -0.3 is 9.13 Å². The molecule has 0 aliphatic heterocycles. The van der Waals surface area contributed by atoms with E-state index in [9.17, 15) is 9.59 Å². The van der Waals surface area contributed by atoms with Crippen LogP contribution in [0, 0.1) is 11.3 Å². The molecule has 0 bridgehead atoms. The molecule has 1 unspecified atom stereocenters. The minimum Gasteiger partial charge on any atom is -0.347 e. The minimum atomic E-state index is -0.403. The Morgan fingerprint density at radius 3 is 2.75 bits per heavy atom. The van der Waals surface area contributed by atoms with Crippen molar-refractivity contribution in [2.45, 2.75) is 45.2 Å². The first-order valence-corrected chi connectivity index (χ1v) is 12.5. The van der Waals surface area contributed by atoms with Gasteiger partial charge in [0.25, 0.3) is 5.91 Å². The number of aryl methyl sites for hydroxylation is 2. The smallest absolute Gasteiger partial charge is 0.274 e. The van der Waals surface area contributed by atoms with Gasteiger partial charge in [-0.15, -0.1) is 21.5 Å². The Kier molecular flexibility index (Phi) is 6.31. The summed E-state index contributed by atoms with van der Waals surface area (Å²) in [4.78, 5) is 27.0. The van der Waals surface area contributed by atoms with Crippen LogP contribution in [0.15, 0.2) is 29.6 Å². The molecule has 3 aromatic rings. The third-order valence-corrected chi connectivity index (χ3v) is 8.38. The number of aromatic nitrogens is 4. The normalized spacial score (nSPS) is 16.1. The summed E-state index contributed by atoms with van der Waals surface area (Å²) in [7, 11) is 3.68. The van der Waals surface area contributed by atoms with Crippen LogP contribution in [-0.2, 0) is 31.7 Å². The zero-order valence-corrected chi connectivity index (χ0v) is 20.8. The molecule has 1 aliphatic rings. The largest absolute Gasteiger partial charge is 0.347 e. The molecule has 170 valence electrons. The number of hydrogen-bond donors (Lipinski definition) is 1. The topological polar surface area (TPSA) is 81.8 Å². The third kappa shape index (κ3) is 4.68. The van der Waals surface area contributed by atoms with Gasteiger partial charge in [0.1, 0.15) is 5.69 Å². The number of amides is 2. The summed E-state index contributed by atoms with van der Waals surface area (Å²) in [5.74, 6) is 0.848. The SMILES string of the molecule is Cn1cccc1C(=O)NC(=O)CSc1nnc(-c2cc3c(s2)CCC(C(C)(C)C)C3)n1C. The Bertz CT molecular complexity index is 1150. The number of nitrogens with one attached hydrogen (secondary N) is 1. The Morgan fingerprint density at radius 1 is 1.28 bits per heavy atom. The second kappa shape index (κ2) is 8.86. The van der Waals surface area contributed by atoms with Gasteiger partial charge in [-0.3, -0.25) is 14.9 Å². The highest BCUT2D eigenvalue weighted by molar-refractivity contribution is 7.99. The van der Waals surface area contributed by atoms with Crippen LogP contribution in [0.5, 0.6) is 0 Å².